The number of hydrogen-bond donors (Lipinski definition) is 1. The number of rotatable bonds is 5. The highest BCUT2D eigenvalue weighted by Crippen LogP contribution is 2.33. The molecule has 0 unspecified atom stereocenters. The molecule has 0 aliphatic rings. The van der Waals surface area contributed by atoms with E-state index in [-0.39, 0.29) is 6.04 Å². The van der Waals surface area contributed by atoms with Crippen LogP contribution in [0.15, 0.2) is 24.3 Å². The lowest BCUT2D eigenvalue weighted by atomic mass is 10.0. The van der Waals surface area contributed by atoms with Crippen LogP contribution in [0.25, 0.3) is 11.3 Å². The molecule has 108 valence electrons. The van der Waals surface area contributed by atoms with Gasteiger partial charge in [-0.3, -0.25) is 0 Å². The first-order chi connectivity index (χ1) is 9.54. The summed E-state index contributed by atoms with van der Waals surface area (Å²) in [7, 11) is 0. The van der Waals surface area contributed by atoms with Crippen LogP contribution in [0.1, 0.15) is 50.8 Å². The molecule has 3 nitrogen and oxygen atoms in total. The lowest BCUT2D eigenvalue weighted by Gasteiger charge is -2.06. The van der Waals surface area contributed by atoms with Crippen molar-refractivity contribution in [2.45, 2.75) is 53.0 Å². The van der Waals surface area contributed by atoms with Crippen LogP contribution < -0.4 is 0 Å². The van der Waals surface area contributed by atoms with Crippen LogP contribution in [0.2, 0.25) is 0 Å². The van der Waals surface area contributed by atoms with Crippen LogP contribution in [0.5, 0.6) is 5.88 Å². The number of nitrogens with zero attached hydrogens (tertiary/aromatic N) is 2. The molecule has 1 aromatic carbocycles. The third-order valence-corrected chi connectivity index (χ3v) is 3.54. The molecule has 0 fully saturated rings. The number of aryl methyl sites for hydroxylation is 1. The minimum absolute atomic E-state index is 0.161. The topological polar surface area (TPSA) is 38.0 Å². The zero-order valence-corrected chi connectivity index (χ0v) is 12.8. The fourth-order valence-corrected chi connectivity index (χ4v) is 2.43. The van der Waals surface area contributed by atoms with Gasteiger partial charge in [-0.05, 0) is 39.7 Å². The van der Waals surface area contributed by atoms with Gasteiger partial charge in [-0.2, -0.15) is 5.10 Å². The Kier molecular flexibility index (Phi) is 4.48. The molecule has 0 atom stereocenters. The van der Waals surface area contributed by atoms with E-state index in [0.717, 1.165) is 36.1 Å². The van der Waals surface area contributed by atoms with Gasteiger partial charge < -0.3 is 5.11 Å². The van der Waals surface area contributed by atoms with Crippen molar-refractivity contribution in [3.8, 4) is 17.1 Å². The maximum absolute atomic E-state index is 10.4. The van der Waals surface area contributed by atoms with Crippen molar-refractivity contribution in [2.75, 3.05) is 0 Å². The molecule has 0 amide bonds. The standard InChI is InChI=1S/C17H24N2O/c1-5-6-10-15-16(14-9-7-8-13(4)11-14)18-19(12(2)3)17(15)20/h7-9,11-12,20H,5-6,10H2,1-4H3. The minimum Gasteiger partial charge on any atom is -0.493 e. The van der Waals surface area contributed by atoms with E-state index in [1.807, 2.05) is 19.9 Å². The van der Waals surface area contributed by atoms with Crippen LogP contribution in [0, 0.1) is 6.92 Å². The Hall–Kier alpha value is -1.77. The molecule has 0 spiro atoms. The summed E-state index contributed by atoms with van der Waals surface area (Å²) in [6.07, 6.45) is 3.05. The summed E-state index contributed by atoms with van der Waals surface area (Å²) in [5.74, 6) is 0.324. The number of aromatic nitrogens is 2. The van der Waals surface area contributed by atoms with E-state index in [0.29, 0.717) is 5.88 Å². The quantitative estimate of drug-likeness (QED) is 0.871. The average Bonchev–Trinajstić information content (AvgIpc) is 2.74. The lowest BCUT2D eigenvalue weighted by Crippen LogP contribution is -2.02. The molecule has 0 saturated carbocycles. The first kappa shape index (κ1) is 14.6. The van der Waals surface area contributed by atoms with Crippen LogP contribution in [-0.2, 0) is 6.42 Å². The van der Waals surface area contributed by atoms with E-state index in [9.17, 15) is 5.11 Å². The highest BCUT2D eigenvalue weighted by atomic mass is 16.3. The van der Waals surface area contributed by atoms with E-state index in [1.165, 1.54) is 5.56 Å². The second kappa shape index (κ2) is 6.12. The summed E-state index contributed by atoms with van der Waals surface area (Å²) in [4.78, 5) is 0. The highest BCUT2D eigenvalue weighted by Gasteiger charge is 2.19. The van der Waals surface area contributed by atoms with Gasteiger partial charge in [0.2, 0.25) is 5.88 Å². The van der Waals surface area contributed by atoms with E-state index in [4.69, 9.17) is 0 Å². The first-order valence-corrected chi connectivity index (χ1v) is 7.42. The Morgan fingerprint density at radius 2 is 2.05 bits per heavy atom. The summed E-state index contributed by atoms with van der Waals surface area (Å²) >= 11 is 0. The number of unbranched alkanes of at least 4 members (excludes halogenated alkanes) is 1. The maximum atomic E-state index is 10.4. The fourth-order valence-electron chi connectivity index (χ4n) is 2.43. The third-order valence-electron chi connectivity index (χ3n) is 3.54. The van der Waals surface area contributed by atoms with Crippen LogP contribution in [0.4, 0.5) is 0 Å². The molecule has 1 aromatic heterocycles. The molecule has 0 saturated heterocycles. The van der Waals surface area contributed by atoms with E-state index < -0.39 is 0 Å². The summed E-state index contributed by atoms with van der Waals surface area (Å²) in [6.45, 7) is 8.32. The van der Waals surface area contributed by atoms with Crippen LogP contribution >= 0.6 is 0 Å². The van der Waals surface area contributed by atoms with Gasteiger partial charge in [0.25, 0.3) is 0 Å². The zero-order valence-electron chi connectivity index (χ0n) is 12.8. The lowest BCUT2D eigenvalue weighted by molar-refractivity contribution is 0.373. The molecule has 20 heavy (non-hydrogen) atoms. The van der Waals surface area contributed by atoms with Crippen molar-refractivity contribution < 1.29 is 5.11 Å². The average molecular weight is 272 g/mol. The van der Waals surface area contributed by atoms with Crippen molar-refractivity contribution in [3.05, 3.63) is 35.4 Å². The van der Waals surface area contributed by atoms with Crippen LogP contribution in [0.3, 0.4) is 0 Å². The van der Waals surface area contributed by atoms with Gasteiger partial charge in [-0.25, -0.2) is 4.68 Å². The number of hydrogen-bond acceptors (Lipinski definition) is 2. The Bertz CT molecular complexity index is 585. The van der Waals surface area contributed by atoms with Gasteiger partial charge in [0.05, 0.1) is 11.7 Å². The molecule has 0 aliphatic carbocycles. The molecule has 2 aromatic rings. The minimum atomic E-state index is 0.161. The molecule has 0 radical (unpaired) electrons. The van der Waals surface area contributed by atoms with E-state index in [2.05, 4.69) is 37.1 Å². The van der Waals surface area contributed by atoms with E-state index in [1.54, 1.807) is 4.68 Å². The van der Waals surface area contributed by atoms with Crippen molar-refractivity contribution in [1.29, 1.82) is 0 Å². The van der Waals surface area contributed by atoms with E-state index >= 15 is 0 Å². The summed E-state index contributed by atoms with van der Waals surface area (Å²) in [6, 6.07) is 8.47. The zero-order chi connectivity index (χ0) is 14.7. The van der Waals surface area contributed by atoms with Crippen molar-refractivity contribution in [1.82, 2.24) is 9.78 Å². The molecule has 2 rings (SSSR count). The Balaban J connectivity index is 2.52. The largest absolute Gasteiger partial charge is 0.493 e. The summed E-state index contributed by atoms with van der Waals surface area (Å²) in [5.41, 5.74) is 4.20. The van der Waals surface area contributed by atoms with Gasteiger partial charge in [-0.1, -0.05) is 37.1 Å². The monoisotopic (exact) mass is 272 g/mol. The molecule has 3 heteroatoms. The van der Waals surface area contributed by atoms with Gasteiger partial charge in [-0.15, -0.1) is 0 Å². The van der Waals surface area contributed by atoms with Gasteiger partial charge in [0, 0.05) is 11.1 Å². The smallest absolute Gasteiger partial charge is 0.213 e. The molecule has 1 N–H and O–H groups in total. The number of benzene rings is 1. The molecular formula is C17H24N2O. The van der Waals surface area contributed by atoms with Crippen molar-refractivity contribution in [2.24, 2.45) is 0 Å². The second-order valence-electron chi connectivity index (χ2n) is 5.66. The maximum Gasteiger partial charge on any atom is 0.213 e. The normalized spacial score (nSPS) is 11.2. The third kappa shape index (κ3) is 2.87. The molecule has 1 heterocycles. The van der Waals surface area contributed by atoms with Crippen LogP contribution in [-0.4, -0.2) is 14.9 Å². The molecular weight excluding hydrogens is 248 g/mol. The second-order valence-corrected chi connectivity index (χ2v) is 5.66. The highest BCUT2D eigenvalue weighted by molar-refractivity contribution is 5.66. The summed E-state index contributed by atoms with van der Waals surface area (Å²) < 4.78 is 1.72. The molecule has 0 bridgehead atoms. The van der Waals surface area contributed by atoms with Crippen molar-refractivity contribution >= 4 is 0 Å². The number of aromatic hydroxyl groups is 1. The van der Waals surface area contributed by atoms with Gasteiger partial charge in [0.1, 0.15) is 0 Å². The SMILES string of the molecule is CCCCc1c(-c2cccc(C)c2)nn(C(C)C)c1O. The molecule has 0 aliphatic heterocycles. The summed E-state index contributed by atoms with van der Waals surface area (Å²) in [5, 5.41) is 15.1. The fraction of sp³-hybridized carbons (Fsp3) is 0.471. The van der Waals surface area contributed by atoms with Gasteiger partial charge >= 0.3 is 0 Å². The van der Waals surface area contributed by atoms with Gasteiger partial charge in [0.15, 0.2) is 0 Å². The Labute approximate surface area is 121 Å². The van der Waals surface area contributed by atoms with Crippen molar-refractivity contribution in [3.63, 3.8) is 0 Å². The predicted octanol–water partition coefficient (Wildman–Crippen LogP) is 4.49. The first-order valence-electron chi connectivity index (χ1n) is 7.42. The predicted molar refractivity (Wildman–Crippen MR) is 83.1 cm³/mol. The Morgan fingerprint density at radius 3 is 2.65 bits per heavy atom. The Morgan fingerprint density at radius 1 is 1.30 bits per heavy atom.